The molecule has 2 rings (SSSR count). The van der Waals surface area contributed by atoms with Gasteiger partial charge in [0.15, 0.2) is 5.89 Å². The third kappa shape index (κ3) is 3.84. The zero-order chi connectivity index (χ0) is 13.7. The molecule has 0 unspecified atom stereocenters. The molecule has 19 heavy (non-hydrogen) atoms. The maximum Gasteiger partial charge on any atom is 0.224 e. The Hall–Kier alpha value is -2.30. The van der Waals surface area contributed by atoms with Gasteiger partial charge in [-0.15, -0.1) is 0 Å². The first-order valence-electron chi connectivity index (χ1n) is 5.98. The largest absolute Gasteiger partial charge is 0.497 e. The van der Waals surface area contributed by atoms with Crippen LogP contribution in [0.15, 0.2) is 34.9 Å². The summed E-state index contributed by atoms with van der Waals surface area (Å²) in [5.41, 5.74) is 1.66. The minimum absolute atomic E-state index is 0.0502. The highest BCUT2D eigenvalue weighted by Gasteiger charge is 2.05. The van der Waals surface area contributed by atoms with E-state index in [1.807, 2.05) is 24.3 Å². The van der Waals surface area contributed by atoms with Gasteiger partial charge in [-0.05, 0) is 17.7 Å². The summed E-state index contributed by atoms with van der Waals surface area (Å²) in [5.74, 6) is 1.33. The van der Waals surface area contributed by atoms with Crippen LogP contribution >= 0.6 is 0 Å². The number of nitrogens with zero attached hydrogens (tertiary/aromatic N) is 1. The van der Waals surface area contributed by atoms with Crippen molar-refractivity contribution in [2.75, 3.05) is 7.11 Å². The van der Waals surface area contributed by atoms with Gasteiger partial charge in [-0.3, -0.25) is 4.79 Å². The summed E-state index contributed by atoms with van der Waals surface area (Å²) in [5, 5.41) is 2.80. The number of aryl methyl sites for hydroxylation is 1. The fourth-order valence-corrected chi connectivity index (χ4v) is 1.67. The Balaban J connectivity index is 1.83. The van der Waals surface area contributed by atoms with Gasteiger partial charge in [0.1, 0.15) is 12.0 Å². The molecule has 0 fully saturated rings. The molecule has 100 valence electrons. The van der Waals surface area contributed by atoms with Crippen molar-refractivity contribution in [3.8, 4) is 5.75 Å². The van der Waals surface area contributed by atoms with E-state index < -0.39 is 0 Å². The summed E-state index contributed by atoms with van der Waals surface area (Å²) in [6.07, 6.45) is 1.88. The highest BCUT2D eigenvalue weighted by atomic mass is 16.5. The highest BCUT2D eigenvalue weighted by Crippen LogP contribution is 2.11. The molecule has 0 aliphatic heterocycles. The lowest BCUT2D eigenvalue weighted by Crippen LogP contribution is -2.24. The number of methoxy groups -OCH3 is 1. The SMILES string of the molecule is COc1ccc(CC(=O)NCc2coc(C)n2)cc1. The molecule has 1 aromatic heterocycles. The van der Waals surface area contributed by atoms with E-state index in [-0.39, 0.29) is 5.91 Å². The van der Waals surface area contributed by atoms with Gasteiger partial charge in [0.25, 0.3) is 0 Å². The molecule has 0 radical (unpaired) electrons. The lowest BCUT2D eigenvalue weighted by Gasteiger charge is -2.04. The van der Waals surface area contributed by atoms with Crippen LogP contribution in [-0.4, -0.2) is 18.0 Å². The van der Waals surface area contributed by atoms with Crippen molar-refractivity contribution in [1.29, 1.82) is 0 Å². The van der Waals surface area contributed by atoms with E-state index in [2.05, 4.69) is 10.3 Å². The Labute approximate surface area is 111 Å². The average molecular weight is 260 g/mol. The number of hydrogen-bond acceptors (Lipinski definition) is 4. The minimum Gasteiger partial charge on any atom is -0.497 e. The van der Waals surface area contributed by atoms with Crippen LogP contribution < -0.4 is 10.1 Å². The van der Waals surface area contributed by atoms with E-state index in [4.69, 9.17) is 9.15 Å². The molecule has 1 N–H and O–H groups in total. The highest BCUT2D eigenvalue weighted by molar-refractivity contribution is 5.78. The maximum absolute atomic E-state index is 11.7. The van der Waals surface area contributed by atoms with Gasteiger partial charge in [-0.25, -0.2) is 4.98 Å². The van der Waals surface area contributed by atoms with E-state index >= 15 is 0 Å². The quantitative estimate of drug-likeness (QED) is 0.891. The molecule has 0 atom stereocenters. The number of carbonyl (C=O) groups excluding carboxylic acids is 1. The summed E-state index contributed by atoms with van der Waals surface area (Å²) in [6, 6.07) is 7.42. The molecule has 0 bridgehead atoms. The lowest BCUT2D eigenvalue weighted by atomic mass is 10.1. The van der Waals surface area contributed by atoms with E-state index in [0.29, 0.717) is 18.9 Å². The molecule has 2 aromatic rings. The predicted molar refractivity (Wildman–Crippen MR) is 69.8 cm³/mol. The zero-order valence-corrected chi connectivity index (χ0v) is 11.0. The summed E-state index contributed by atoms with van der Waals surface area (Å²) >= 11 is 0. The predicted octanol–water partition coefficient (Wildman–Crippen LogP) is 1.85. The van der Waals surface area contributed by atoms with Gasteiger partial charge in [0.05, 0.1) is 25.8 Å². The van der Waals surface area contributed by atoms with Crippen molar-refractivity contribution in [2.45, 2.75) is 19.9 Å². The third-order valence-corrected chi connectivity index (χ3v) is 2.66. The van der Waals surface area contributed by atoms with Gasteiger partial charge in [0.2, 0.25) is 5.91 Å². The monoisotopic (exact) mass is 260 g/mol. The number of amides is 1. The van der Waals surface area contributed by atoms with Gasteiger partial charge in [0, 0.05) is 6.92 Å². The Bertz CT molecular complexity index is 546. The van der Waals surface area contributed by atoms with E-state index in [1.165, 1.54) is 0 Å². The van der Waals surface area contributed by atoms with E-state index in [9.17, 15) is 4.79 Å². The number of hydrogen-bond donors (Lipinski definition) is 1. The number of rotatable bonds is 5. The fraction of sp³-hybridized carbons (Fsp3) is 0.286. The molecular formula is C14H16N2O3. The van der Waals surface area contributed by atoms with Gasteiger partial charge in [-0.1, -0.05) is 12.1 Å². The van der Waals surface area contributed by atoms with Crippen molar-refractivity contribution in [1.82, 2.24) is 10.3 Å². The molecule has 0 aliphatic carbocycles. The van der Waals surface area contributed by atoms with Crippen LogP contribution in [0.25, 0.3) is 0 Å². The molecule has 0 saturated heterocycles. The van der Waals surface area contributed by atoms with Crippen molar-refractivity contribution in [2.24, 2.45) is 0 Å². The van der Waals surface area contributed by atoms with Gasteiger partial charge in [-0.2, -0.15) is 0 Å². The van der Waals surface area contributed by atoms with E-state index in [0.717, 1.165) is 17.0 Å². The molecule has 0 spiro atoms. The number of oxazole rings is 1. The smallest absolute Gasteiger partial charge is 0.224 e. The first-order valence-corrected chi connectivity index (χ1v) is 5.98. The number of ether oxygens (including phenoxy) is 1. The second kappa shape index (κ2) is 6.04. The fourth-order valence-electron chi connectivity index (χ4n) is 1.67. The van der Waals surface area contributed by atoms with Crippen LogP contribution in [0.4, 0.5) is 0 Å². The summed E-state index contributed by atoms with van der Waals surface area (Å²) in [4.78, 5) is 15.9. The number of aromatic nitrogens is 1. The first kappa shape index (κ1) is 13.1. The normalized spacial score (nSPS) is 10.2. The summed E-state index contributed by atoms with van der Waals surface area (Å²) < 4.78 is 10.1. The van der Waals surface area contributed by atoms with Crippen LogP contribution in [0, 0.1) is 6.92 Å². The van der Waals surface area contributed by atoms with Crippen molar-refractivity contribution < 1.29 is 13.9 Å². The van der Waals surface area contributed by atoms with Crippen LogP contribution in [-0.2, 0) is 17.8 Å². The maximum atomic E-state index is 11.7. The Morgan fingerprint density at radius 3 is 2.68 bits per heavy atom. The summed E-state index contributed by atoms with van der Waals surface area (Å²) in [6.45, 7) is 2.15. The van der Waals surface area contributed by atoms with Crippen LogP contribution in [0.2, 0.25) is 0 Å². The van der Waals surface area contributed by atoms with Gasteiger partial charge < -0.3 is 14.5 Å². The molecule has 0 saturated carbocycles. The van der Waals surface area contributed by atoms with Crippen molar-refractivity contribution in [3.05, 3.63) is 47.7 Å². The Kier molecular flexibility index (Phi) is 4.18. The Morgan fingerprint density at radius 2 is 2.11 bits per heavy atom. The van der Waals surface area contributed by atoms with E-state index in [1.54, 1.807) is 20.3 Å². The average Bonchev–Trinajstić information content (AvgIpc) is 2.83. The molecule has 0 aliphatic rings. The number of benzene rings is 1. The third-order valence-electron chi connectivity index (χ3n) is 2.66. The second-order valence-electron chi connectivity index (χ2n) is 4.16. The molecule has 1 amide bonds. The van der Waals surface area contributed by atoms with Crippen molar-refractivity contribution >= 4 is 5.91 Å². The molecule has 5 heteroatoms. The zero-order valence-electron chi connectivity index (χ0n) is 11.0. The second-order valence-corrected chi connectivity index (χ2v) is 4.16. The standard InChI is InChI=1S/C14H16N2O3/c1-10-16-12(9-19-10)8-15-14(17)7-11-3-5-13(18-2)6-4-11/h3-6,9H,7-8H2,1-2H3,(H,15,17). The number of carbonyl (C=O) groups is 1. The molecule has 1 heterocycles. The van der Waals surface area contributed by atoms with Crippen molar-refractivity contribution in [3.63, 3.8) is 0 Å². The lowest BCUT2D eigenvalue weighted by molar-refractivity contribution is -0.120. The molecule has 1 aromatic carbocycles. The molecular weight excluding hydrogens is 244 g/mol. The first-order chi connectivity index (χ1) is 9.17. The topological polar surface area (TPSA) is 64.4 Å². The molecule has 5 nitrogen and oxygen atoms in total. The van der Waals surface area contributed by atoms with Crippen LogP contribution in [0.3, 0.4) is 0 Å². The summed E-state index contributed by atoms with van der Waals surface area (Å²) in [7, 11) is 1.61. The number of nitrogens with one attached hydrogen (secondary N) is 1. The Morgan fingerprint density at radius 1 is 1.37 bits per heavy atom. The van der Waals surface area contributed by atoms with Crippen LogP contribution in [0.1, 0.15) is 17.1 Å². The minimum atomic E-state index is -0.0502. The van der Waals surface area contributed by atoms with Gasteiger partial charge >= 0.3 is 0 Å². The van der Waals surface area contributed by atoms with Crippen LogP contribution in [0.5, 0.6) is 5.75 Å².